The summed E-state index contributed by atoms with van der Waals surface area (Å²) in [6, 6.07) is 20.8. The lowest BCUT2D eigenvalue weighted by Gasteiger charge is -2.33. The highest BCUT2D eigenvalue weighted by atomic mass is 35.5. The summed E-state index contributed by atoms with van der Waals surface area (Å²) in [6.07, 6.45) is 5.06. The zero-order valence-electron chi connectivity index (χ0n) is 23.3. The van der Waals surface area contributed by atoms with E-state index in [9.17, 15) is 18.0 Å². The Morgan fingerprint density at radius 2 is 1.59 bits per heavy atom. The molecule has 0 bridgehead atoms. The third-order valence-electron chi connectivity index (χ3n) is 7.35. The van der Waals surface area contributed by atoms with E-state index in [1.807, 2.05) is 0 Å². The fourth-order valence-electron chi connectivity index (χ4n) is 5.01. The molecule has 0 heterocycles. The van der Waals surface area contributed by atoms with Crippen molar-refractivity contribution in [3.8, 4) is 5.75 Å². The minimum Gasteiger partial charge on any atom is -0.495 e. The summed E-state index contributed by atoms with van der Waals surface area (Å²) in [7, 11) is -2.73. The number of benzene rings is 3. The number of ether oxygens (including phenoxy) is 1. The molecule has 1 aliphatic rings. The van der Waals surface area contributed by atoms with Crippen LogP contribution < -0.4 is 14.4 Å². The van der Waals surface area contributed by atoms with Crippen LogP contribution in [0.25, 0.3) is 0 Å². The molecule has 0 aromatic heterocycles. The van der Waals surface area contributed by atoms with Gasteiger partial charge in [-0.2, -0.15) is 0 Å². The van der Waals surface area contributed by atoms with Crippen LogP contribution >= 0.6 is 11.6 Å². The van der Waals surface area contributed by atoms with Crippen molar-refractivity contribution in [1.82, 2.24) is 10.2 Å². The number of nitrogens with zero attached hydrogens (tertiary/aromatic N) is 2. The van der Waals surface area contributed by atoms with Gasteiger partial charge in [-0.3, -0.25) is 13.9 Å². The van der Waals surface area contributed by atoms with Crippen LogP contribution in [0.1, 0.15) is 44.6 Å². The second-order valence-electron chi connectivity index (χ2n) is 10.2. The van der Waals surface area contributed by atoms with E-state index < -0.39 is 28.5 Å². The molecule has 1 fully saturated rings. The van der Waals surface area contributed by atoms with Gasteiger partial charge >= 0.3 is 0 Å². The summed E-state index contributed by atoms with van der Waals surface area (Å²) in [5.41, 5.74) is 0.979. The first-order valence-corrected chi connectivity index (χ1v) is 15.6. The molecule has 0 unspecified atom stereocenters. The van der Waals surface area contributed by atoms with Gasteiger partial charge in [-0.15, -0.1) is 0 Å². The number of rotatable bonds is 11. The summed E-state index contributed by atoms with van der Waals surface area (Å²) in [5.74, 6) is -0.502. The molecule has 1 atom stereocenters. The zero-order chi connectivity index (χ0) is 29.4. The normalized spacial score (nSPS) is 14.6. The zero-order valence-corrected chi connectivity index (χ0v) is 24.9. The Morgan fingerprint density at radius 3 is 2.24 bits per heavy atom. The quantitative estimate of drug-likeness (QED) is 0.319. The SMILES string of the molecule is COc1ccccc1N(CC(=O)N(Cc1ccc(Cl)cc1)[C@@H](C)C(=O)NC1CCCCC1)S(=O)(=O)c1ccccc1. The van der Waals surface area contributed by atoms with Crippen molar-refractivity contribution >= 4 is 39.1 Å². The number of methoxy groups -OCH3 is 1. The van der Waals surface area contributed by atoms with Gasteiger partial charge in [0.2, 0.25) is 11.8 Å². The molecular formula is C31H36ClN3O5S. The van der Waals surface area contributed by atoms with E-state index in [2.05, 4.69) is 5.32 Å². The van der Waals surface area contributed by atoms with Gasteiger partial charge in [0.15, 0.2) is 0 Å². The van der Waals surface area contributed by atoms with Crippen LogP contribution in [0, 0.1) is 0 Å². The molecule has 0 aliphatic heterocycles. The fraction of sp³-hybridized carbons (Fsp3) is 0.355. The van der Waals surface area contributed by atoms with Gasteiger partial charge in [0, 0.05) is 17.6 Å². The Morgan fingerprint density at radius 1 is 0.951 bits per heavy atom. The van der Waals surface area contributed by atoms with Crippen LogP contribution in [0.2, 0.25) is 5.02 Å². The molecule has 8 nitrogen and oxygen atoms in total. The molecule has 3 aromatic carbocycles. The highest BCUT2D eigenvalue weighted by molar-refractivity contribution is 7.92. The Labute approximate surface area is 247 Å². The minimum atomic E-state index is -4.17. The Balaban J connectivity index is 1.69. The number of hydrogen-bond donors (Lipinski definition) is 1. The maximum Gasteiger partial charge on any atom is 0.264 e. The van der Waals surface area contributed by atoms with Crippen molar-refractivity contribution in [2.24, 2.45) is 0 Å². The molecule has 41 heavy (non-hydrogen) atoms. The largest absolute Gasteiger partial charge is 0.495 e. The maximum absolute atomic E-state index is 14.1. The van der Waals surface area contributed by atoms with E-state index >= 15 is 0 Å². The van der Waals surface area contributed by atoms with Crippen LogP contribution in [0.15, 0.2) is 83.8 Å². The number of carbonyl (C=O) groups excluding carboxylic acids is 2. The first-order chi connectivity index (χ1) is 19.7. The second-order valence-corrected chi connectivity index (χ2v) is 12.5. The highest BCUT2D eigenvalue weighted by Crippen LogP contribution is 2.32. The Bertz CT molecular complexity index is 1430. The maximum atomic E-state index is 14.1. The van der Waals surface area contributed by atoms with E-state index in [0.717, 1.165) is 42.0 Å². The van der Waals surface area contributed by atoms with E-state index in [4.69, 9.17) is 16.3 Å². The summed E-state index contributed by atoms with van der Waals surface area (Å²) >= 11 is 6.08. The number of nitrogens with one attached hydrogen (secondary N) is 1. The first-order valence-electron chi connectivity index (χ1n) is 13.8. The standard InChI is InChI=1S/C31H36ClN3O5S/c1-23(31(37)33-26-11-5-3-6-12-26)34(21-24-17-19-25(32)20-18-24)30(36)22-35(28-15-9-10-16-29(28)40-2)41(38,39)27-13-7-4-8-14-27/h4,7-10,13-20,23,26H,3,5-6,11-12,21-22H2,1-2H3,(H,33,37)/t23-/m0/s1. The number of carbonyl (C=O) groups is 2. The van der Waals surface area contributed by atoms with Crippen LogP contribution in [-0.2, 0) is 26.2 Å². The monoisotopic (exact) mass is 597 g/mol. The molecule has 0 radical (unpaired) electrons. The predicted molar refractivity (Wildman–Crippen MR) is 160 cm³/mol. The summed E-state index contributed by atoms with van der Waals surface area (Å²) in [5, 5.41) is 3.65. The smallest absolute Gasteiger partial charge is 0.264 e. The molecule has 1 saturated carbocycles. The molecule has 4 rings (SSSR count). The summed E-state index contributed by atoms with van der Waals surface area (Å²) in [4.78, 5) is 28.9. The third-order valence-corrected chi connectivity index (χ3v) is 9.37. The van der Waals surface area contributed by atoms with Crippen molar-refractivity contribution in [2.45, 2.75) is 62.6 Å². The van der Waals surface area contributed by atoms with Crippen LogP contribution in [0.3, 0.4) is 0 Å². The Kier molecular flexibility index (Phi) is 10.3. The van der Waals surface area contributed by atoms with Crippen LogP contribution in [0.5, 0.6) is 5.75 Å². The number of amides is 2. The fourth-order valence-corrected chi connectivity index (χ4v) is 6.58. The molecule has 1 N–H and O–H groups in total. The lowest BCUT2D eigenvalue weighted by Crippen LogP contribution is -2.53. The summed E-state index contributed by atoms with van der Waals surface area (Å²) in [6.45, 7) is 1.23. The third kappa shape index (κ3) is 7.59. The van der Waals surface area contributed by atoms with Gasteiger partial charge in [-0.05, 0) is 61.7 Å². The van der Waals surface area contributed by atoms with Gasteiger partial charge in [-0.1, -0.05) is 73.3 Å². The van der Waals surface area contributed by atoms with Crippen molar-refractivity contribution in [3.63, 3.8) is 0 Å². The highest BCUT2D eigenvalue weighted by Gasteiger charge is 2.34. The second kappa shape index (κ2) is 13.9. The number of sulfonamides is 1. The van der Waals surface area contributed by atoms with Crippen molar-refractivity contribution < 1.29 is 22.7 Å². The van der Waals surface area contributed by atoms with E-state index in [-0.39, 0.29) is 29.1 Å². The molecule has 0 saturated heterocycles. The van der Waals surface area contributed by atoms with Crippen molar-refractivity contribution in [2.75, 3.05) is 18.0 Å². The number of para-hydroxylation sites is 2. The van der Waals surface area contributed by atoms with Gasteiger partial charge < -0.3 is 15.0 Å². The number of halogens is 1. The van der Waals surface area contributed by atoms with Crippen molar-refractivity contribution in [3.05, 3.63) is 89.4 Å². The molecule has 0 spiro atoms. The minimum absolute atomic E-state index is 0.0334. The molecule has 218 valence electrons. The number of hydrogen-bond acceptors (Lipinski definition) is 5. The van der Waals surface area contributed by atoms with Gasteiger partial charge in [0.25, 0.3) is 10.0 Å². The topological polar surface area (TPSA) is 96.0 Å². The lowest BCUT2D eigenvalue weighted by molar-refractivity contribution is -0.139. The Hall–Kier alpha value is -3.56. The van der Waals surface area contributed by atoms with Crippen LogP contribution in [-0.4, -0.2) is 50.9 Å². The van der Waals surface area contributed by atoms with Gasteiger partial charge in [-0.25, -0.2) is 8.42 Å². The average Bonchev–Trinajstić information content (AvgIpc) is 3.00. The summed E-state index contributed by atoms with van der Waals surface area (Å²) < 4.78 is 34.4. The molecule has 3 aromatic rings. The van der Waals surface area contributed by atoms with E-state index in [0.29, 0.717) is 10.8 Å². The van der Waals surface area contributed by atoms with E-state index in [1.165, 1.54) is 24.1 Å². The number of anilines is 1. The first kappa shape index (κ1) is 30.4. The molecular weight excluding hydrogens is 562 g/mol. The predicted octanol–water partition coefficient (Wildman–Crippen LogP) is 5.41. The lowest BCUT2D eigenvalue weighted by atomic mass is 9.95. The van der Waals surface area contributed by atoms with Gasteiger partial charge in [0.1, 0.15) is 18.3 Å². The average molecular weight is 598 g/mol. The van der Waals surface area contributed by atoms with E-state index in [1.54, 1.807) is 73.7 Å². The van der Waals surface area contributed by atoms with Gasteiger partial charge in [0.05, 0.1) is 17.7 Å². The van der Waals surface area contributed by atoms with Crippen molar-refractivity contribution in [1.29, 1.82) is 0 Å². The van der Waals surface area contributed by atoms with Crippen LogP contribution in [0.4, 0.5) is 5.69 Å². The molecule has 10 heteroatoms. The molecule has 1 aliphatic carbocycles. The molecule has 2 amide bonds.